The molecule has 23 heavy (non-hydrogen) atoms. The van der Waals surface area contributed by atoms with E-state index in [2.05, 4.69) is 16.4 Å². The number of alkyl halides is 3. The highest BCUT2D eigenvalue weighted by molar-refractivity contribution is 6.83. The predicted octanol–water partition coefficient (Wildman–Crippen LogP) is 3.91. The Kier molecular flexibility index (Phi) is 6.16. The van der Waals surface area contributed by atoms with Crippen LogP contribution in [0.1, 0.15) is 23.9 Å². The molecule has 124 valence electrons. The van der Waals surface area contributed by atoms with Crippen LogP contribution in [0.3, 0.4) is 0 Å². The van der Waals surface area contributed by atoms with E-state index in [9.17, 15) is 18.0 Å². The van der Waals surface area contributed by atoms with E-state index in [0.717, 1.165) is 12.1 Å². The lowest BCUT2D eigenvalue weighted by molar-refractivity contribution is -0.141. The zero-order valence-corrected chi connectivity index (χ0v) is 14.4. The smallest absolute Gasteiger partial charge is 0.433 e. The summed E-state index contributed by atoms with van der Waals surface area (Å²) in [5.41, 5.74) is 2.32. The van der Waals surface area contributed by atoms with Gasteiger partial charge in [0.05, 0.1) is 6.61 Å². The quantitative estimate of drug-likeness (QED) is 0.362. The molecular weight excluding hydrogens is 323 g/mol. The molecule has 0 saturated heterocycles. The molecule has 0 unspecified atom stereocenters. The minimum atomic E-state index is -4.54. The first-order valence-electron chi connectivity index (χ1n) is 6.99. The van der Waals surface area contributed by atoms with Gasteiger partial charge >= 0.3 is 12.1 Å². The predicted molar refractivity (Wildman–Crippen MR) is 85.1 cm³/mol. The molecule has 7 heteroatoms. The van der Waals surface area contributed by atoms with Crippen molar-refractivity contribution in [2.75, 3.05) is 6.61 Å². The Hall–Kier alpha value is -2.07. The number of nitrogens with zero attached hydrogens (tertiary/aromatic N) is 1. The molecule has 0 bridgehead atoms. The molecule has 1 rings (SSSR count). The molecule has 0 radical (unpaired) electrons. The van der Waals surface area contributed by atoms with Crippen molar-refractivity contribution in [1.29, 1.82) is 0 Å². The average Bonchev–Trinajstić information content (AvgIpc) is 2.41. The fourth-order valence-corrected chi connectivity index (χ4v) is 1.95. The lowest BCUT2D eigenvalue weighted by Crippen LogP contribution is -2.16. The standard InChI is InChI=1S/C16H18F3NO2Si/c1-5-22-15(21)9-7-12-6-8-14(16(17,18)19)20-13(12)10-11-23(2,3)4/h6-9H,5H2,1-4H3. The van der Waals surface area contributed by atoms with Gasteiger partial charge in [-0.25, -0.2) is 9.78 Å². The minimum absolute atomic E-state index is 0.00259. The molecule has 1 heterocycles. The molecule has 0 saturated carbocycles. The number of hydrogen-bond donors (Lipinski definition) is 0. The maximum absolute atomic E-state index is 12.8. The van der Waals surface area contributed by atoms with Crippen LogP contribution in [0.5, 0.6) is 0 Å². The maximum Gasteiger partial charge on any atom is 0.433 e. The Morgan fingerprint density at radius 1 is 1.35 bits per heavy atom. The third-order valence-corrected chi connectivity index (χ3v) is 3.33. The van der Waals surface area contributed by atoms with Crippen molar-refractivity contribution in [3.05, 3.63) is 35.2 Å². The summed E-state index contributed by atoms with van der Waals surface area (Å²) in [5.74, 6) is 2.15. The highest BCUT2D eigenvalue weighted by Gasteiger charge is 2.32. The van der Waals surface area contributed by atoms with Gasteiger partial charge in [-0.15, -0.1) is 5.54 Å². The lowest BCUT2D eigenvalue weighted by Gasteiger charge is -2.08. The van der Waals surface area contributed by atoms with Crippen molar-refractivity contribution in [2.45, 2.75) is 32.7 Å². The van der Waals surface area contributed by atoms with Gasteiger partial charge in [0.2, 0.25) is 0 Å². The maximum atomic E-state index is 12.8. The number of halogens is 3. The van der Waals surface area contributed by atoms with Gasteiger partial charge in [0.25, 0.3) is 0 Å². The second kappa shape index (κ2) is 7.46. The molecule has 0 N–H and O–H groups in total. The number of aromatic nitrogens is 1. The first kappa shape index (κ1) is 19.0. The second-order valence-electron chi connectivity index (χ2n) is 5.72. The molecule has 0 amide bonds. The van der Waals surface area contributed by atoms with Gasteiger partial charge in [0.1, 0.15) is 19.5 Å². The Labute approximate surface area is 134 Å². The van der Waals surface area contributed by atoms with E-state index in [4.69, 9.17) is 4.74 Å². The third kappa shape index (κ3) is 6.70. The molecule has 1 aromatic rings. The van der Waals surface area contributed by atoms with Gasteiger partial charge < -0.3 is 4.74 Å². The molecule has 0 spiro atoms. The van der Waals surface area contributed by atoms with Crippen molar-refractivity contribution in [3.8, 4) is 11.5 Å². The molecule has 3 nitrogen and oxygen atoms in total. The molecule has 0 fully saturated rings. The van der Waals surface area contributed by atoms with Crippen LogP contribution < -0.4 is 0 Å². The monoisotopic (exact) mass is 341 g/mol. The summed E-state index contributed by atoms with van der Waals surface area (Å²) in [6.45, 7) is 7.80. The van der Waals surface area contributed by atoms with Crippen molar-refractivity contribution in [3.63, 3.8) is 0 Å². The summed E-state index contributed by atoms with van der Waals surface area (Å²) in [7, 11) is -1.78. The summed E-state index contributed by atoms with van der Waals surface area (Å²) in [6.07, 6.45) is -2.04. The number of carbonyl (C=O) groups excluding carboxylic acids is 1. The molecule has 0 aliphatic rings. The van der Waals surface area contributed by atoms with Gasteiger partial charge in [0.15, 0.2) is 0 Å². The number of hydrogen-bond acceptors (Lipinski definition) is 3. The van der Waals surface area contributed by atoms with Gasteiger partial charge in [-0.2, -0.15) is 13.2 Å². The van der Waals surface area contributed by atoms with Crippen molar-refractivity contribution in [1.82, 2.24) is 4.98 Å². The van der Waals surface area contributed by atoms with Gasteiger partial charge in [-0.3, -0.25) is 0 Å². The van der Waals surface area contributed by atoms with E-state index >= 15 is 0 Å². The fourth-order valence-electron chi connectivity index (χ4n) is 1.46. The van der Waals surface area contributed by atoms with Crippen LogP contribution in [0.25, 0.3) is 6.08 Å². The van der Waals surface area contributed by atoms with E-state index in [1.165, 1.54) is 12.1 Å². The van der Waals surface area contributed by atoms with Crippen LogP contribution in [0.4, 0.5) is 13.2 Å². The van der Waals surface area contributed by atoms with Crippen molar-refractivity contribution < 1.29 is 22.7 Å². The summed E-state index contributed by atoms with van der Waals surface area (Å²) in [5, 5.41) is 0. The van der Waals surface area contributed by atoms with Gasteiger partial charge in [-0.05, 0) is 25.1 Å². The van der Waals surface area contributed by atoms with Gasteiger partial charge in [-0.1, -0.05) is 25.6 Å². The number of ether oxygens (including phenoxy) is 1. The van der Waals surface area contributed by atoms with Crippen molar-refractivity contribution >= 4 is 20.1 Å². The topological polar surface area (TPSA) is 39.2 Å². The zero-order valence-electron chi connectivity index (χ0n) is 13.4. The molecule has 0 aliphatic carbocycles. The largest absolute Gasteiger partial charge is 0.463 e. The number of pyridine rings is 1. The summed E-state index contributed by atoms with van der Waals surface area (Å²) in [6, 6.07) is 2.12. The van der Waals surface area contributed by atoms with Crippen LogP contribution in [0.15, 0.2) is 18.2 Å². The van der Waals surface area contributed by atoms with E-state index < -0.39 is 25.9 Å². The number of rotatable bonds is 3. The average molecular weight is 341 g/mol. The third-order valence-electron chi connectivity index (χ3n) is 2.46. The molecule has 0 aromatic carbocycles. The highest BCUT2D eigenvalue weighted by Crippen LogP contribution is 2.28. The summed E-state index contributed by atoms with van der Waals surface area (Å²) in [4.78, 5) is 14.9. The van der Waals surface area contributed by atoms with Crippen molar-refractivity contribution in [2.24, 2.45) is 0 Å². The molecule has 0 atom stereocenters. The number of esters is 1. The van der Waals surface area contributed by atoms with Crippen LogP contribution >= 0.6 is 0 Å². The first-order valence-corrected chi connectivity index (χ1v) is 10.5. The van der Waals surface area contributed by atoms with E-state index in [0.29, 0.717) is 5.56 Å². The van der Waals surface area contributed by atoms with Crippen LogP contribution in [-0.4, -0.2) is 25.6 Å². The molecule has 0 aliphatic heterocycles. The normalized spacial score (nSPS) is 12.0. The zero-order chi connectivity index (χ0) is 17.7. The van der Waals surface area contributed by atoms with E-state index in [1.54, 1.807) is 6.92 Å². The van der Waals surface area contributed by atoms with E-state index in [-0.39, 0.29) is 12.3 Å². The highest BCUT2D eigenvalue weighted by atomic mass is 28.3. The summed E-state index contributed by atoms with van der Waals surface area (Å²) >= 11 is 0. The first-order chi connectivity index (χ1) is 10.5. The summed E-state index contributed by atoms with van der Waals surface area (Å²) < 4.78 is 43.1. The second-order valence-corrected chi connectivity index (χ2v) is 10.5. The number of carbonyl (C=O) groups is 1. The minimum Gasteiger partial charge on any atom is -0.463 e. The Morgan fingerprint density at radius 2 is 2.00 bits per heavy atom. The van der Waals surface area contributed by atoms with Crippen LogP contribution in [0, 0.1) is 11.5 Å². The van der Waals surface area contributed by atoms with Crippen LogP contribution in [0.2, 0.25) is 19.6 Å². The lowest BCUT2D eigenvalue weighted by atomic mass is 10.1. The molecular formula is C16H18F3NO2Si. The SMILES string of the molecule is CCOC(=O)C=Cc1ccc(C(F)(F)F)nc1C#C[Si](C)(C)C. The Balaban J connectivity index is 3.28. The Morgan fingerprint density at radius 3 is 2.52 bits per heavy atom. The molecule has 1 aromatic heterocycles. The fraction of sp³-hybridized carbons (Fsp3) is 0.375. The Bertz CT molecular complexity index is 665. The van der Waals surface area contributed by atoms with Crippen LogP contribution in [-0.2, 0) is 15.7 Å². The van der Waals surface area contributed by atoms with Gasteiger partial charge in [0, 0.05) is 11.6 Å². The van der Waals surface area contributed by atoms with E-state index in [1.807, 2.05) is 19.6 Å².